The van der Waals surface area contributed by atoms with E-state index in [4.69, 9.17) is 4.74 Å². The van der Waals surface area contributed by atoms with E-state index >= 15 is 0 Å². The Morgan fingerprint density at radius 1 is 1.16 bits per heavy atom. The fraction of sp³-hybridized carbons (Fsp3) is 0.300. The number of amides is 2. The number of ether oxygens (including phenoxy) is 1. The van der Waals surface area contributed by atoms with Gasteiger partial charge in [-0.3, -0.25) is 9.59 Å². The summed E-state index contributed by atoms with van der Waals surface area (Å²) in [5.74, 6) is -0.171. The van der Waals surface area contributed by atoms with E-state index < -0.39 is 6.04 Å². The van der Waals surface area contributed by atoms with Crippen LogP contribution in [0.5, 0.6) is 0 Å². The Kier molecular flexibility index (Phi) is 5.14. The molecule has 0 aliphatic carbocycles. The van der Waals surface area contributed by atoms with Gasteiger partial charge in [-0.2, -0.15) is 0 Å². The predicted octanol–water partition coefficient (Wildman–Crippen LogP) is 2.71. The van der Waals surface area contributed by atoms with Crippen molar-refractivity contribution >= 4 is 17.5 Å². The molecule has 3 rings (SSSR count). The summed E-state index contributed by atoms with van der Waals surface area (Å²) in [6.45, 7) is 1.13. The summed E-state index contributed by atoms with van der Waals surface area (Å²) in [5.41, 5.74) is 2.46. The van der Waals surface area contributed by atoms with Gasteiger partial charge >= 0.3 is 0 Å². The number of carbonyl (C=O) groups is 2. The normalized spacial score (nSPS) is 17.0. The molecule has 1 heterocycles. The Morgan fingerprint density at radius 3 is 2.48 bits per heavy atom. The van der Waals surface area contributed by atoms with Crippen LogP contribution < -0.4 is 4.90 Å². The molecule has 5 nitrogen and oxygen atoms in total. The van der Waals surface area contributed by atoms with Gasteiger partial charge in [0.2, 0.25) is 5.91 Å². The number of carbonyl (C=O) groups excluding carboxylic acids is 2. The number of anilines is 1. The van der Waals surface area contributed by atoms with E-state index in [9.17, 15) is 9.59 Å². The van der Waals surface area contributed by atoms with Gasteiger partial charge < -0.3 is 14.5 Å². The molecular formula is C20H22N2O3. The Labute approximate surface area is 147 Å². The van der Waals surface area contributed by atoms with Crippen LogP contribution in [0.2, 0.25) is 0 Å². The molecule has 1 fully saturated rings. The summed E-state index contributed by atoms with van der Waals surface area (Å²) in [7, 11) is 3.33. The van der Waals surface area contributed by atoms with Crippen LogP contribution in [0.15, 0.2) is 54.6 Å². The molecule has 1 saturated heterocycles. The minimum atomic E-state index is -0.425. The van der Waals surface area contributed by atoms with Crippen molar-refractivity contribution in [3.8, 4) is 0 Å². The fourth-order valence-corrected chi connectivity index (χ4v) is 3.14. The topological polar surface area (TPSA) is 49.9 Å². The third kappa shape index (κ3) is 3.56. The van der Waals surface area contributed by atoms with Crippen molar-refractivity contribution < 1.29 is 14.3 Å². The van der Waals surface area contributed by atoms with Crippen molar-refractivity contribution in [2.75, 3.05) is 25.6 Å². The Bertz CT molecular complexity index is 743. The molecule has 1 aliphatic heterocycles. The zero-order valence-electron chi connectivity index (χ0n) is 14.5. The van der Waals surface area contributed by atoms with Crippen LogP contribution in [0.1, 0.15) is 22.3 Å². The average Bonchev–Trinajstić information content (AvgIpc) is 3.03. The largest absolute Gasteiger partial charge is 0.380 e. The first-order valence-corrected chi connectivity index (χ1v) is 8.33. The van der Waals surface area contributed by atoms with E-state index in [1.54, 1.807) is 36.1 Å². The minimum absolute atomic E-state index is 0.0296. The summed E-state index contributed by atoms with van der Waals surface area (Å²) >= 11 is 0. The molecule has 0 unspecified atom stereocenters. The predicted molar refractivity (Wildman–Crippen MR) is 96.4 cm³/mol. The Hall–Kier alpha value is -2.66. The highest BCUT2D eigenvalue weighted by Gasteiger charge is 2.37. The maximum atomic E-state index is 12.7. The standard InChI is InChI=1S/C20H22N2O3/c1-21(19(23)16-10-8-15(9-11-16)14-25-2)18-12-13-22(20(18)24)17-6-4-3-5-7-17/h3-11,18H,12-14H2,1-2H3/t18-/m0/s1. The second-order valence-corrected chi connectivity index (χ2v) is 6.18. The number of methoxy groups -OCH3 is 1. The molecule has 0 saturated carbocycles. The van der Waals surface area contributed by atoms with E-state index in [1.165, 1.54) is 0 Å². The molecule has 0 aromatic heterocycles. The van der Waals surface area contributed by atoms with Gasteiger partial charge in [-0.25, -0.2) is 0 Å². The van der Waals surface area contributed by atoms with Crippen LogP contribution >= 0.6 is 0 Å². The molecule has 0 spiro atoms. The highest BCUT2D eigenvalue weighted by Crippen LogP contribution is 2.24. The van der Waals surface area contributed by atoms with Gasteiger partial charge in [0.05, 0.1) is 6.61 Å². The molecule has 2 amide bonds. The fourth-order valence-electron chi connectivity index (χ4n) is 3.14. The summed E-state index contributed by atoms with van der Waals surface area (Å²) in [4.78, 5) is 28.7. The van der Waals surface area contributed by atoms with Gasteiger partial charge in [0.25, 0.3) is 5.91 Å². The molecule has 2 aromatic carbocycles. The van der Waals surface area contributed by atoms with Crippen LogP contribution in [-0.4, -0.2) is 43.5 Å². The lowest BCUT2D eigenvalue weighted by Gasteiger charge is -2.24. The van der Waals surface area contributed by atoms with Gasteiger partial charge in [0.1, 0.15) is 6.04 Å². The van der Waals surface area contributed by atoms with Gasteiger partial charge in [-0.1, -0.05) is 30.3 Å². The number of likely N-dealkylation sites (N-methyl/N-ethyl adjacent to an activating group) is 1. The van der Waals surface area contributed by atoms with Gasteiger partial charge in [0, 0.05) is 32.0 Å². The molecule has 130 valence electrons. The van der Waals surface area contributed by atoms with E-state index in [-0.39, 0.29) is 11.8 Å². The highest BCUT2D eigenvalue weighted by molar-refractivity contribution is 6.03. The SMILES string of the molecule is COCc1ccc(C(=O)N(C)[C@H]2CCN(c3ccccc3)C2=O)cc1. The summed E-state index contributed by atoms with van der Waals surface area (Å²) in [6.07, 6.45) is 0.637. The zero-order valence-corrected chi connectivity index (χ0v) is 14.5. The molecule has 1 atom stereocenters. The lowest BCUT2D eigenvalue weighted by Crippen LogP contribution is -2.43. The van der Waals surface area contributed by atoms with Crippen molar-refractivity contribution in [3.05, 3.63) is 65.7 Å². The molecule has 2 aromatic rings. The zero-order chi connectivity index (χ0) is 17.8. The lowest BCUT2D eigenvalue weighted by molar-refractivity contribution is -0.120. The first-order valence-electron chi connectivity index (χ1n) is 8.33. The number of rotatable bonds is 5. The molecule has 0 radical (unpaired) electrons. The van der Waals surface area contributed by atoms with Crippen molar-refractivity contribution in [1.29, 1.82) is 0 Å². The number of hydrogen-bond acceptors (Lipinski definition) is 3. The molecule has 1 aliphatic rings. The minimum Gasteiger partial charge on any atom is -0.380 e. The second kappa shape index (κ2) is 7.49. The molecule has 0 N–H and O–H groups in total. The molecule has 0 bridgehead atoms. The third-order valence-electron chi connectivity index (χ3n) is 4.54. The monoisotopic (exact) mass is 338 g/mol. The quantitative estimate of drug-likeness (QED) is 0.842. The van der Waals surface area contributed by atoms with Crippen LogP contribution in [0.4, 0.5) is 5.69 Å². The van der Waals surface area contributed by atoms with E-state index in [0.717, 1.165) is 11.3 Å². The third-order valence-corrected chi connectivity index (χ3v) is 4.54. The van der Waals surface area contributed by atoms with Gasteiger partial charge in [-0.05, 0) is 36.2 Å². The van der Waals surface area contributed by atoms with Crippen molar-refractivity contribution in [2.45, 2.75) is 19.1 Å². The molecule has 5 heteroatoms. The maximum absolute atomic E-state index is 12.7. The van der Waals surface area contributed by atoms with Crippen LogP contribution in [0, 0.1) is 0 Å². The van der Waals surface area contributed by atoms with Gasteiger partial charge in [0.15, 0.2) is 0 Å². The smallest absolute Gasteiger partial charge is 0.254 e. The Balaban J connectivity index is 1.71. The van der Waals surface area contributed by atoms with Crippen LogP contribution in [0.25, 0.3) is 0 Å². The number of hydrogen-bond donors (Lipinski definition) is 0. The summed E-state index contributed by atoms with van der Waals surface area (Å²) in [6, 6.07) is 16.4. The number of nitrogens with zero attached hydrogens (tertiary/aromatic N) is 2. The van der Waals surface area contributed by atoms with E-state index in [2.05, 4.69) is 0 Å². The lowest BCUT2D eigenvalue weighted by atomic mass is 10.1. The summed E-state index contributed by atoms with van der Waals surface area (Å²) < 4.78 is 5.08. The van der Waals surface area contributed by atoms with Crippen molar-refractivity contribution in [3.63, 3.8) is 0 Å². The van der Waals surface area contributed by atoms with Gasteiger partial charge in [-0.15, -0.1) is 0 Å². The highest BCUT2D eigenvalue weighted by atomic mass is 16.5. The first-order chi connectivity index (χ1) is 12.1. The van der Waals surface area contributed by atoms with Crippen molar-refractivity contribution in [2.24, 2.45) is 0 Å². The number of benzene rings is 2. The van der Waals surface area contributed by atoms with Crippen LogP contribution in [0.3, 0.4) is 0 Å². The van der Waals surface area contributed by atoms with Crippen LogP contribution in [-0.2, 0) is 16.1 Å². The van der Waals surface area contributed by atoms with E-state index in [1.807, 2.05) is 42.5 Å². The maximum Gasteiger partial charge on any atom is 0.254 e. The second-order valence-electron chi connectivity index (χ2n) is 6.18. The summed E-state index contributed by atoms with van der Waals surface area (Å²) in [5, 5.41) is 0. The van der Waals surface area contributed by atoms with Crippen molar-refractivity contribution in [1.82, 2.24) is 4.90 Å². The first kappa shape index (κ1) is 17.2. The van der Waals surface area contributed by atoms with E-state index in [0.29, 0.717) is 25.1 Å². The average molecular weight is 338 g/mol. The molecular weight excluding hydrogens is 316 g/mol. The molecule has 25 heavy (non-hydrogen) atoms. The Morgan fingerprint density at radius 2 is 1.84 bits per heavy atom. The number of para-hydroxylation sites is 1.